The number of hydrogen-bond acceptors (Lipinski definition) is 3. The molecule has 2 atom stereocenters. The molecule has 21 heavy (non-hydrogen) atoms. The summed E-state index contributed by atoms with van der Waals surface area (Å²) in [5.74, 6) is 0.592. The number of nitrogens with zero attached hydrogens (tertiary/aromatic N) is 2. The Hall–Kier alpha value is -1.13. The van der Waals surface area contributed by atoms with Gasteiger partial charge in [0.15, 0.2) is 0 Å². The van der Waals surface area contributed by atoms with Gasteiger partial charge in [0.1, 0.15) is 0 Å². The Morgan fingerprint density at radius 2 is 2.00 bits per heavy atom. The lowest BCUT2D eigenvalue weighted by molar-refractivity contribution is -0.133. The molecule has 1 aliphatic carbocycles. The predicted molar refractivity (Wildman–Crippen MR) is 87.1 cm³/mol. The average molecular weight is 312 g/mol. The first-order valence-electron chi connectivity index (χ1n) is 7.63. The van der Waals surface area contributed by atoms with Crippen molar-refractivity contribution in [2.75, 3.05) is 6.54 Å². The lowest BCUT2D eigenvalue weighted by atomic mass is 9.82. The molecule has 5 heteroatoms. The number of rotatable bonds is 5. The van der Waals surface area contributed by atoms with Crippen LogP contribution in [-0.4, -0.2) is 28.4 Å². The van der Waals surface area contributed by atoms with Gasteiger partial charge in [-0.15, -0.1) is 12.4 Å². The molecule has 2 unspecified atom stereocenters. The van der Waals surface area contributed by atoms with E-state index in [0.29, 0.717) is 18.9 Å². The minimum atomic E-state index is 0. The summed E-state index contributed by atoms with van der Waals surface area (Å²) in [7, 11) is 0. The van der Waals surface area contributed by atoms with E-state index in [0.717, 1.165) is 24.9 Å². The number of pyridine rings is 1. The third-order valence-corrected chi connectivity index (χ3v) is 4.26. The van der Waals surface area contributed by atoms with Gasteiger partial charge >= 0.3 is 0 Å². The van der Waals surface area contributed by atoms with Crippen LogP contribution in [0.25, 0.3) is 0 Å². The Bertz CT molecular complexity index is 427. The topological polar surface area (TPSA) is 59.2 Å². The molecule has 1 aromatic heterocycles. The fourth-order valence-electron chi connectivity index (χ4n) is 2.93. The second-order valence-electron chi connectivity index (χ2n) is 5.68. The Labute approximate surface area is 133 Å². The van der Waals surface area contributed by atoms with Crippen LogP contribution in [0, 0.1) is 5.92 Å². The molecule has 0 aromatic carbocycles. The van der Waals surface area contributed by atoms with Gasteiger partial charge in [-0.25, -0.2) is 0 Å². The quantitative estimate of drug-likeness (QED) is 0.909. The SMILES string of the molecule is CCN(Cc1ccncc1)C(=O)CC1CCCCC1N.Cl. The standard InChI is InChI=1S/C16H25N3O.ClH/c1-2-19(12-13-7-9-18-10-8-13)16(20)11-14-5-3-4-6-15(14)17;/h7-10,14-15H,2-6,11-12,17H2,1H3;1H. The second-order valence-corrected chi connectivity index (χ2v) is 5.68. The third kappa shape index (κ3) is 5.29. The van der Waals surface area contributed by atoms with Crippen molar-refractivity contribution in [1.29, 1.82) is 0 Å². The number of hydrogen-bond donors (Lipinski definition) is 1. The van der Waals surface area contributed by atoms with Crippen LogP contribution in [0.1, 0.15) is 44.6 Å². The molecule has 1 aromatic rings. The molecule has 2 N–H and O–H groups in total. The van der Waals surface area contributed by atoms with Crippen molar-refractivity contribution in [3.8, 4) is 0 Å². The zero-order valence-electron chi connectivity index (χ0n) is 12.7. The van der Waals surface area contributed by atoms with Crippen molar-refractivity contribution >= 4 is 18.3 Å². The van der Waals surface area contributed by atoms with Gasteiger partial charge in [-0.3, -0.25) is 9.78 Å². The maximum atomic E-state index is 12.4. The highest BCUT2D eigenvalue weighted by Gasteiger charge is 2.25. The van der Waals surface area contributed by atoms with Crippen molar-refractivity contribution in [2.45, 2.75) is 51.6 Å². The van der Waals surface area contributed by atoms with E-state index in [1.165, 1.54) is 12.8 Å². The number of carbonyl (C=O) groups excluding carboxylic acids is 1. The summed E-state index contributed by atoms with van der Waals surface area (Å²) >= 11 is 0. The van der Waals surface area contributed by atoms with Gasteiger partial charge in [0, 0.05) is 37.9 Å². The number of amides is 1. The van der Waals surface area contributed by atoms with Gasteiger partial charge in [-0.2, -0.15) is 0 Å². The zero-order valence-corrected chi connectivity index (χ0v) is 13.5. The highest BCUT2D eigenvalue weighted by atomic mass is 35.5. The molecule has 118 valence electrons. The molecule has 1 fully saturated rings. The molecule has 0 aliphatic heterocycles. The van der Waals surface area contributed by atoms with Gasteiger partial charge in [0.2, 0.25) is 5.91 Å². The fraction of sp³-hybridized carbons (Fsp3) is 0.625. The van der Waals surface area contributed by atoms with Crippen LogP contribution in [0.15, 0.2) is 24.5 Å². The first-order chi connectivity index (χ1) is 9.70. The smallest absolute Gasteiger partial charge is 0.223 e. The van der Waals surface area contributed by atoms with Crippen LogP contribution in [0.3, 0.4) is 0 Å². The van der Waals surface area contributed by atoms with Gasteiger partial charge in [-0.1, -0.05) is 12.8 Å². The Morgan fingerprint density at radius 3 is 2.62 bits per heavy atom. The molecular formula is C16H26ClN3O. The van der Waals surface area contributed by atoms with E-state index in [-0.39, 0.29) is 24.4 Å². The van der Waals surface area contributed by atoms with Crippen molar-refractivity contribution in [1.82, 2.24) is 9.88 Å². The lowest BCUT2D eigenvalue weighted by Gasteiger charge is -2.30. The van der Waals surface area contributed by atoms with Gasteiger partial charge in [0.25, 0.3) is 0 Å². The normalized spacial score (nSPS) is 21.4. The summed E-state index contributed by atoms with van der Waals surface area (Å²) in [5.41, 5.74) is 7.27. The Kier molecular flexibility index (Phi) is 7.68. The van der Waals surface area contributed by atoms with Crippen LogP contribution in [-0.2, 0) is 11.3 Å². The molecule has 1 aliphatic rings. The van der Waals surface area contributed by atoms with E-state index in [4.69, 9.17) is 5.73 Å². The molecule has 1 saturated carbocycles. The van der Waals surface area contributed by atoms with E-state index >= 15 is 0 Å². The minimum absolute atomic E-state index is 0. The van der Waals surface area contributed by atoms with Crippen LogP contribution >= 0.6 is 12.4 Å². The second kappa shape index (κ2) is 9.00. The predicted octanol–water partition coefficient (Wildman–Crippen LogP) is 2.76. The van der Waals surface area contributed by atoms with Gasteiger partial charge in [-0.05, 0) is 43.4 Å². The molecule has 4 nitrogen and oxygen atoms in total. The first-order valence-corrected chi connectivity index (χ1v) is 7.63. The van der Waals surface area contributed by atoms with E-state index in [1.54, 1.807) is 12.4 Å². The molecule has 0 spiro atoms. The molecule has 0 radical (unpaired) electrons. The summed E-state index contributed by atoms with van der Waals surface area (Å²) in [6.45, 7) is 3.43. The van der Waals surface area contributed by atoms with Gasteiger partial charge in [0.05, 0.1) is 0 Å². The Balaban J connectivity index is 0.00000220. The minimum Gasteiger partial charge on any atom is -0.339 e. The Morgan fingerprint density at radius 1 is 1.33 bits per heavy atom. The highest BCUT2D eigenvalue weighted by Crippen LogP contribution is 2.26. The van der Waals surface area contributed by atoms with E-state index < -0.39 is 0 Å². The monoisotopic (exact) mass is 311 g/mol. The van der Waals surface area contributed by atoms with E-state index in [1.807, 2.05) is 24.0 Å². The maximum absolute atomic E-state index is 12.4. The summed E-state index contributed by atoms with van der Waals surface area (Å²) in [4.78, 5) is 18.4. The molecule has 2 rings (SSSR count). The van der Waals surface area contributed by atoms with Crippen molar-refractivity contribution in [2.24, 2.45) is 11.7 Å². The molecule has 0 saturated heterocycles. The summed E-state index contributed by atoms with van der Waals surface area (Å²) in [6, 6.07) is 4.12. The molecule has 0 bridgehead atoms. The fourth-order valence-corrected chi connectivity index (χ4v) is 2.93. The maximum Gasteiger partial charge on any atom is 0.223 e. The van der Waals surface area contributed by atoms with E-state index in [9.17, 15) is 4.79 Å². The van der Waals surface area contributed by atoms with Crippen molar-refractivity contribution in [3.05, 3.63) is 30.1 Å². The van der Waals surface area contributed by atoms with Crippen LogP contribution in [0.4, 0.5) is 0 Å². The summed E-state index contributed by atoms with van der Waals surface area (Å²) in [5, 5.41) is 0. The van der Waals surface area contributed by atoms with Gasteiger partial charge < -0.3 is 10.6 Å². The molecule has 1 amide bonds. The van der Waals surface area contributed by atoms with Crippen molar-refractivity contribution in [3.63, 3.8) is 0 Å². The first kappa shape index (κ1) is 17.9. The van der Waals surface area contributed by atoms with Crippen molar-refractivity contribution < 1.29 is 4.79 Å². The number of aromatic nitrogens is 1. The van der Waals surface area contributed by atoms with Crippen LogP contribution < -0.4 is 5.73 Å². The largest absolute Gasteiger partial charge is 0.339 e. The number of halogens is 1. The average Bonchev–Trinajstić information content (AvgIpc) is 2.48. The summed E-state index contributed by atoms with van der Waals surface area (Å²) < 4.78 is 0. The summed E-state index contributed by atoms with van der Waals surface area (Å²) in [6.07, 6.45) is 8.71. The number of carbonyl (C=O) groups is 1. The highest BCUT2D eigenvalue weighted by molar-refractivity contribution is 5.85. The van der Waals surface area contributed by atoms with E-state index in [2.05, 4.69) is 4.98 Å². The zero-order chi connectivity index (χ0) is 14.4. The third-order valence-electron chi connectivity index (χ3n) is 4.26. The number of nitrogens with two attached hydrogens (primary N) is 1. The van der Waals surface area contributed by atoms with Crippen LogP contribution in [0.2, 0.25) is 0 Å². The lowest BCUT2D eigenvalue weighted by Crippen LogP contribution is -2.38. The molecular weight excluding hydrogens is 286 g/mol. The molecule has 1 heterocycles. The van der Waals surface area contributed by atoms with Crippen LogP contribution in [0.5, 0.6) is 0 Å².